The van der Waals surface area contributed by atoms with Crippen LogP contribution in [0.3, 0.4) is 0 Å². The molecule has 5 heteroatoms. The van der Waals surface area contributed by atoms with Crippen LogP contribution >= 0.6 is 0 Å². The number of nitriles is 2. The predicted molar refractivity (Wildman–Crippen MR) is 250 cm³/mol. The minimum atomic E-state index is 0.457. The van der Waals surface area contributed by atoms with E-state index in [1.807, 2.05) is 18.2 Å². The van der Waals surface area contributed by atoms with E-state index in [0.717, 1.165) is 72.2 Å². The van der Waals surface area contributed by atoms with E-state index in [9.17, 15) is 10.5 Å². The minimum Gasteiger partial charge on any atom is -0.309 e. The summed E-state index contributed by atoms with van der Waals surface area (Å²) < 4.78 is 7.23. The summed E-state index contributed by atoms with van der Waals surface area (Å²) in [6.07, 6.45) is 0. The SMILES string of the molecule is N#Cc1cc(C#N)cc(-c2ccc(-n3c4ccc(-n5c6ccccc6c6ccccc65)cc4c4ccc5c(c6ccccc6n5-c5ccccc5)c43)c(-c3ccccc3)c2)c1. The average molecular weight is 776 g/mol. The van der Waals surface area contributed by atoms with E-state index in [2.05, 4.69) is 202 Å². The highest BCUT2D eigenvalue weighted by molar-refractivity contribution is 6.26. The fourth-order valence-electron chi connectivity index (χ4n) is 9.68. The van der Waals surface area contributed by atoms with Crippen molar-refractivity contribution < 1.29 is 0 Å². The normalized spacial score (nSPS) is 11.6. The third-order valence-corrected chi connectivity index (χ3v) is 12.2. The largest absolute Gasteiger partial charge is 0.309 e. The summed E-state index contributed by atoms with van der Waals surface area (Å²) in [7, 11) is 0. The van der Waals surface area contributed by atoms with E-state index in [1.165, 1.54) is 32.6 Å². The lowest BCUT2D eigenvalue weighted by atomic mass is 9.95. The second kappa shape index (κ2) is 13.5. The highest BCUT2D eigenvalue weighted by Crippen LogP contribution is 2.45. The number of para-hydroxylation sites is 4. The van der Waals surface area contributed by atoms with Crippen molar-refractivity contribution in [2.24, 2.45) is 0 Å². The fourth-order valence-corrected chi connectivity index (χ4v) is 9.68. The predicted octanol–water partition coefficient (Wildman–Crippen LogP) is 14.1. The number of fused-ring (bicyclic) bond motifs is 10. The number of hydrogen-bond acceptors (Lipinski definition) is 2. The molecule has 0 aliphatic heterocycles. The van der Waals surface area contributed by atoms with Gasteiger partial charge in [0.25, 0.3) is 0 Å². The number of rotatable bonds is 5. The van der Waals surface area contributed by atoms with Gasteiger partial charge in [0.15, 0.2) is 0 Å². The molecule has 9 aromatic carbocycles. The van der Waals surface area contributed by atoms with Gasteiger partial charge in [-0.05, 0) is 102 Å². The Kier molecular flexibility index (Phi) is 7.59. The van der Waals surface area contributed by atoms with Crippen molar-refractivity contribution in [1.29, 1.82) is 10.5 Å². The van der Waals surface area contributed by atoms with E-state index < -0.39 is 0 Å². The molecule has 0 aliphatic rings. The average Bonchev–Trinajstić information content (AvgIpc) is 3.97. The van der Waals surface area contributed by atoms with Crippen LogP contribution in [-0.2, 0) is 0 Å². The summed E-state index contributed by atoms with van der Waals surface area (Å²) in [5.41, 5.74) is 14.8. The van der Waals surface area contributed by atoms with Gasteiger partial charge < -0.3 is 13.7 Å². The van der Waals surface area contributed by atoms with Gasteiger partial charge in [-0.3, -0.25) is 0 Å². The Labute approximate surface area is 351 Å². The summed E-state index contributed by atoms with van der Waals surface area (Å²) in [6, 6.07) is 75.1. The van der Waals surface area contributed by atoms with Crippen LogP contribution < -0.4 is 0 Å². The molecule has 0 fully saturated rings. The van der Waals surface area contributed by atoms with E-state index in [-0.39, 0.29) is 0 Å². The van der Waals surface area contributed by atoms with Crippen LogP contribution in [0.15, 0.2) is 200 Å². The maximum atomic E-state index is 9.89. The van der Waals surface area contributed by atoms with Crippen LogP contribution in [0.1, 0.15) is 11.1 Å². The Morgan fingerprint density at radius 2 is 0.885 bits per heavy atom. The number of benzene rings is 9. The quantitative estimate of drug-likeness (QED) is 0.175. The molecule has 0 amide bonds. The van der Waals surface area contributed by atoms with Gasteiger partial charge in [-0.1, -0.05) is 115 Å². The van der Waals surface area contributed by atoms with E-state index in [1.54, 1.807) is 6.07 Å². The van der Waals surface area contributed by atoms with Crippen molar-refractivity contribution in [1.82, 2.24) is 13.7 Å². The second-order valence-electron chi connectivity index (χ2n) is 15.6. The van der Waals surface area contributed by atoms with Crippen LogP contribution in [0.4, 0.5) is 0 Å². The van der Waals surface area contributed by atoms with Crippen molar-refractivity contribution >= 4 is 65.4 Å². The molecule has 0 aliphatic carbocycles. The lowest BCUT2D eigenvalue weighted by molar-refractivity contribution is 1.17. The molecule has 3 aromatic heterocycles. The number of aromatic nitrogens is 3. The molecule has 0 saturated heterocycles. The molecule has 0 spiro atoms. The third-order valence-electron chi connectivity index (χ3n) is 12.2. The van der Waals surface area contributed by atoms with Crippen LogP contribution in [0.2, 0.25) is 0 Å². The van der Waals surface area contributed by atoms with Gasteiger partial charge in [-0.2, -0.15) is 10.5 Å². The summed E-state index contributed by atoms with van der Waals surface area (Å²) in [4.78, 5) is 0. The summed E-state index contributed by atoms with van der Waals surface area (Å²) in [5, 5.41) is 26.9. The van der Waals surface area contributed by atoms with Crippen LogP contribution in [0.25, 0.3) is 105 Å². The highest BCUT2D eigenvalue weighted by Gasteiger charge is 2.24. The van der Waals surface area contributed by atoms with Gasteiger partial charge in [0.1, 0.15) is 0 Å². The first-order valence-electron chi connectivity index (χ1n) is 20.4. The van der Waals surface area contributed by atoms with Gasteiger partial charge in [0.05, 0.1) is 62.1 Å². The minimum absolute atomic E-state index is 0.457. The van der Waals surface area contributed by atoms with Crippen LogP contribution in [0.5, 0.6) is 0 Å². The third kappa shape index (κ3) is 5.18. The summed E-state index contributed by atoms with van der Waals surface area (Å²) in [6.45, 7) is 0. The number of nitrogens with zero attached hydrogens (tertiary/aromatic N) is 5. The topological polar surface area (TPSA) is 62.4 Å². The van der Waals surface area contributed by atoms with Crippen molar-refractivity contribution in [2.45, 2.75) is 0 Å². The summed E-state index contributed by atoms with van der Waals surface area (Å²) in [5.74, 6) is 0. The first-order valence-corrected chi connectivity index (χ1v) is 20.4. The Morgan fingerprint density at radius 1 is 0.328 bits per heavy atom. The Bertz CT molecular complexity index is 3750. The first kappa shape index (κ1) is 34.4. The molecule has 0 saturated carbocycles. The lowest BCUT2D eigenvalue weighted by Crippen LogP contribution is -1.99. The zero-order valence-corrected chi connectivity index (χ0v) is 32.8. The zero-order valence-electron chi connectivity index (χ0n) is 32.8. The van der Waals surface area contributed by atoms with Crippen molar-refractivity contribution in [3.05, 3.63) is 211 Å². The van der Waals surface area contributed by atoms with E-state index in [0.29, 0.717) is 11.1 Å². The van der Waals surface area contributed by atoms with Gasteiger partial charge in [0, 0.05) is 49.3 Å². The Hall–Kier alpha value is -8.64. The Morgan fingerprint density at radius 3 is 1.56 bits per heavy atom. The zero-order chi connectivity index (χ0) is 40.6. The monoisotopic (exact) mass is 775 g/mol. The molecular formula is C56H33N5. The summed E-state index contributed by atoms with van der Waals surface area (Å²) >= 11 is 0. The maximum Gasteiger partial charge on any atom is 0.0992 e. The molecule has 0 bridgehead atoms. The second-order valence-corrected chi connectivity index (χ2v) is 15.6. The molecule has 0 unspecified atom stereocenters. The standard InChI is InChI=1S/C56H33N5/c57-34-36-29-37(35-58)31-40(30-36)39-23-26-52(47(32-39)38-13-3-1-4-14-38)61-53-27-24-42(60-49-20-10-7-17-43(49)44-18-8-11-21-50(44)60)33-48(53)45-25-28-54-55(56(45)61)46-19-9-12-22-51(46)59(54)41-15-5-2-6-16-41/h1-33H. The molecule has 0 radical (unpaired) electrons. The Balaban J connectivity index is 1.23. The van der Waals surface area contributed by atoms with Crippen molar-refractivity contribution in [3.8, 4) is 51.5 Å². The van der Waals surface area contributed by atoms with Gasteiger partial charge >= 0.3 is 0 Å². The molecule has 3 heterocycles. The van der Waals surface area contributed by atoms with Gasteiger partial charge in [0.2, 0.25) is 0 Å². The molecule has 282 valence electrons. The van der Waals surface area contributed by atoms with Crippen molar-refractivity contribution in [2.75, 3.05) is 0 Å². The molecule has 5 nitrogen and oxygen atoms in total. The van der Waals surface area contributed by atoms with Crippen LogP contribution in [0, 0.1) is 22.7 Å². The molecule has 12 rings (SSSR count). The fraction of sp³-hybridized carbons (Fsp3) is 0. The lowest BCUT2D eigenvalue weighted by Gasteiger charge is -2.17. The molecule has 0 N–H and O–H groups in total. The molecule has 0 atom stereocenters. The first-order chi connectivity index (χ1) is 30.2. The van der Waals surface area contributed by atoms with Gasteiger partial charge in [-0.25, -0.2) is 0 Å². The van der Waals surface area contributed by atoms with E-state index >= 15 is 0 Å². The molecule has 12 aromatic rings. The molecule has 61 heavy (non-hydrogen) atoms. The highest BCUT2D eigenvalue weighted by atomic mass is 15.0. The van der Waals surface area contributed by atoms with Gasteiger partial charge in [-0.15, -0.1) is 0 Å². The molecular weight excluding hydrogens is 743 g/mol. The maximum absolute atomic E-state index is 9.89. The van der Waals surface area contributed by atoms with Crippen LogP contribution in [-0.4, -0.2) is 13.7 Å². The van der Waals surface area contributed by atoms with Crippen molar-refractivity contribution in [3.63, 3.8) is 0 Å². The number of hydrogen-bond donors (Lipinski definition) is 0. The smallest absolute Gasteiger partial charge is 0.0992 e. The van der Waals surface area contributed by atoms with E-state index in [4.69, 9.17) is 0 Å².